The van der Waals surface area contributed by atoms with Crippen molar-refractivity contribution in [3.05, 3.63) is 35.4 Å². The Morgan fingerprint density at radius 3 is 2.33 bits per heavy atom. The number of hydrogen-bond donors (Lipinski definition) is 5. The molecule has 0 spiro atoms. The quantitative estimate of drug-likeness (QED) is 0.468. The predicted octanol–water partition coefficient (Wildman–Crippen LogP) is 0.190. The fourth-order valence-corrected chi connectivity index (χ4v) is 1.74. The number of rotatable bonds is 6. The van der Waals surface area contributed by atoms with Crippen LogP contribution in [0, 0.1) is 6.92 Å². The van der Waals surface area contributed by atoms with E-state index in [0.717, 1.165) is 11.1 Å². The second-order valence-electron chi connectivity index (χ2n) is 4.56. The van der Waals surface area contributed by atoms with Gasteiger partial charge in [0.05, 0.1) is 6.10 Å². The van der Waals surface area contributed by atoms with Gasteiger partial charge in [0, 0.05) is 0 Å². The van der Waals surface area contributed by atoms with Crippen molar-refractivity contribution in [1.82, 2.24) is 0 Å². The smallest absolute Gasteiger partial charge is 0.302 e. The SMILES string of the molecule is Cc1cccc([C@@H](O)CCCC(O)C(O)(O)O)c1. The minimum atomic E-state index is -3.08. The van der Waals surface area contributed by atoms with E-state index in [2.05, 4.69) is 0 Å². The van der Waals surface area contributed by atoms with Gasteiger partial charge in [0.1, 0.15) is 6.10 Å². The van der Waals surface area contributed by atoms with E-state index in [0.29, 0.717) is 12.8 Å². The lowest BCUT2D eigenvalue weighted by molar-refractivity contribution is -0.355. The Morgan fingerprint density at radius 2 is 1.78 bits per heavy atom. The Morgan fingerprint density at radius 1 is 1.11 bits per heavy atom. The second kappa shape index (κ2) is 6.26. The zero-order valence-corrected chi connectivity index (χ0v) is 10.3. The maximum Gasteiger partial charge on any atom is 0.302 e. The van der Waals surface area contributed by atoms with Crippen LogP contribution in [-0.2, 0) is 0 Å². The molecule has 18 heavy (non-hydrogen) atoms. The number of benzene rings is 1. The van der Waals surface area contributed by atoms with E-state index < -0.39 is 18.2 Å². The van der Waals surface area contributed by atoms with Gasteiger partial charge in [-0.15, -0.1) is 0 Å². The molecule has 0 saturated heterocycles. The fourth-order valence-electron chi connectivity index (χ4n) is 1.74. The van der Waals surface area contributed by atoms with Crippen LogP contribution in [0.2, 0.25) is 0 Å². The van der Waals surface area contributed by atoms with Gasteiger partial charge in [-0.05, 0) is 31.7 Å². The molecule has 5 heteroatoms. The zero-order chi connectivity index (χ0) is 13.8. The summed E-state index contributed by atoms with van der Waals surface area (Å²) in [4.78, 5) is 0. The first-order valence-electron chi connectivity index (χ1n) is 5.90. The molecule has 102 valence electrons. The lowest BCUT2D eigenvalue weighted by atomic mass is 10.0. The van der Waals surface area contributed by atoms with Gasteiger partial charge >= 0.3 is 5.97 Å². The highest BCUT2D eigenvalue weighted by Gasteiger charge is 2.29. The van der Waals surface area contributed by atoms with Crippen molar-refractivity contribution in [1.29, 1.82) is 0 Å². The lowest BCUT2D eigenvalue weighted by Gasteiger charge is -2.21. The van der Waals surface area contributed by atoms with Crippen LogP contribution in [-0.4, -0.2) is 37.6 Å². The Kier molecular flexibility index (Phi) is 5.25. The van der Waals surface area contributed by atoms with E-state index in [1.54, 1.807) is 0 Å². The topological polar surface area (TPSA) is 101 Å². The normalized spacial score (nSPS) is 15.4. The van der Waals surface area contributed by atoms with Gasteiger partial charge in [-0.1, -0.05) is 29.8 Å². The van der Waals surface area contributed by atoms with Crippen molar-refractivity contribution in [3.8, 4) is 0 Å². The monoisotopic (exact) mass is 256 g/mol. The molecule has 5 nitrogen and oxygen atoms in total. The molecule has 0 aliphatic carbocycles. The molecule has 0 amide bonds. The standard InChI is InChI=1S/C13H20O5/c1-9-4-2-5-10(8-9)11(14)6-3-7-12(15)13(16,17)18/h2,4-5,8,11-12,14-18H,3,6-7H2,1H3/t11-,12?/m0/s1. The number of hydrogen-bond acceptors (Lipinski definition) is 5. The van der Waals surface area contributed by atoms with Crippen LogP contribution in [0.1, 0.15) is 36.5 Å². The molecule has 1 unspecified atom stereocenters. The molecule has 5 N–H and O–H groups in total. The third-order valence-corrected chi connectivity index (χ3v) is 2.83. The summed E-state index contributed by atoms with van der Waals surface area (Å²) in [5, 5.41) is 45.2. The third-order valence-electron chi connectivity index (χ3n) is 2.83. The van der Waals surface area contributed by atoms with E-state index in [1.165, 1.54) is 0 Å². The summed E-state index contributed by atoms with van der Waals surface area (Å²) in [5.74, 6) is -3.08. The molecule has 1 rings (SSSR count). The van der Waals surface area contributed by atoms with E-state index in [1.807, 2.05) is 31.2 Å². The average molecular weight is 256 g/mol. The molecular formula is C13H20O5. The first-order chi connectivity index (χ1) is 8.30. The number of aliphatic hydroxyl groups excluding tert-OH is 2. The molecule has 2 atom stereocenters. The van der Waals surface area contributed by atoms with E-state index in [4.69, 9.17) is 15.3 Å². The molecule has 1 aromatic carbocycles. The van der Waals surface area contributed by atoms with Crippen LogP contribution >= 0.6 is 0 Å². The van der Waals surface area contributed by atoms with Crippen LogP contribution in [0.3, 0.4) is 0 Å². The lowest BCUT2D eigenvalue weighted by Crippen LogP contribution is -2.41. The summed E-state index contributed by atoms with van der Waals surface area (Å²) in [5.41, 5.74) is 1.83. The van der Waals surface area contributed by atoms with Gasteiger partial charge in [0.25, 0.3) is 0 Å². The third kappa shape index (κ3) is 4.72. The summed E-state index contributed by atoms with van der Waals surface area (Å²) in [6.45, 7) is 1.93. The van der Waals surface area contributed by atoms with Crippen molar-refractivity contribution < 1.29 is 25.5 Å². The van der Waals surface area contributed by atoms with Gasteiger partial charge < -0.3 is 25.5 Å². The zero-order valence-electron chi connectivity index (χ0n) is 10.3. The van der Waals surface area contributed by atoms with Crippen molar-refractivity contribution >= 4 is 0 Å². The van der Waals surface area contributed by atoms with Gasteiger partial charge in [0.2, 0.25) is 0 Å². The molecule has 0 saturated carbocycles. The molecule has 0 radical (unpaired) electrons. The Labute approximate surface area is 106 Å². The van der Waals surface area contributed by atoms with E-state index in [-0.39, 0.29) is 6.42 Å². The van der Waals surface area contributed by atoms with Gasteiger partial charge in [-0.25, -0.2) is 0 Å². The predicted molar refractivity (Wildman–Crippen MR) is 65.4 cm³/mol. The van der Waals surface area contributed by atoms with Crippen LogP contribution in [0.5, 0.6) is 0 Å². The highest BCUT2D eigenvalue weighted by molar-refractivity contribution is 5.23. The first-order valence-corrected chi connectivity index (χ1v) is 5.90. The van der Waals surface area contributed by atoms with Gasteiger partial charge in [-0.3, -0.25) is 0 Å². The van der Waals surface area contributed by atoms with Crippen molar-refractivity contribution in [3.63, 3.8) is 0 Å². The average Bonchev–Trinajstić information content (AvgIpc) is 2.27. The summed E-state index contributed by atoms with van der Waals surface area (Å²) in [7, 11) is 0. The summed E-state index contributed by atoms with van der Waals surface area (Å²) in [6, 6.07) is 7.46. The highest BCUT2D eigenvalue weighted by atomic mass is 16.7. The molecule has 0 bridgehead atoms. The maximum atomic E-state index is 9.89. The van der Waals surface area contributed by atoms with Crippen LogP contribution in [0.25, 0.3) is 0 Å². The molecule has 0 aromatic heterocycles. The highest BCUT2D eigenvalue weighted by Crippen LogP contribution is 2.21. The molecule has 0 aliphatic heterocycles. The summed E-state index contributed by atoms with van der Waals surface area (Å²) in [6.07, 6.45) is -1.58. The van der Waals surface area contributed by atoms with E-state index >= 15 is 0 Å². The van der Waals surface area contributed by atoms with Crippen molar-refractivity contribution in [2.24, 2.45) is 0 Å². The van der Waals surface area contributed by atoms with E-state index in [9.17, 15) is 10.2 Å². The maximum absolute atomic E-state index is 9.89. The summed E-state index contributed by atoms with van der Waals surface area (Å²) >= 11 is 0. The van der Waals surface area contributed by atoms with Crippen LogP contribution in [0.15, 0.2) is 24.3 Å². The van der Waals surface area contributed by atoms with Crippen molar-refractivity contribution in [2.75, 3.05) is 0 Å². The molecular weight excluding hydrogens is 236 g/mol. The molecule has 0 heterocycles. The largest absolute Gasteiger partial charge is 0.388 e. The summed E-state index contributed by atoms with van der Waals surface area (Å²) < 4.78 is 0. The second-order valence-corrected chi connectivity index (χ2v) is 4.56. The molecule has 1 aromatic rings. The fraction of sp³-hybridized carbons (Fsp3) is 0.538. The van der Waals surface area contributed by atoms with Gasteiger partial charge in [0.15, 0.2) is 0 Å². The van der Waals surface area contributed by atoms with Crippen LogP contribution < -0.4 is 0 Å². The van der Waals surface area contributed by atoms with Crippen molar-refractivity contribution in [2.45, 2.75) is 44.4 Å². The molecule has 0 fully saturated rings. The Balaban J connectivity index is 2.40. The minimum Gasteiger partial charge on any atom is -0.388 e. The Bertz CT molecular complexity index is 372. The van der Waals surface area contributed by atoms with Crippen LogP contribution in [0.4, 0.5) is 0 Å². The first kappa shape index (κ1) is 15.1. The number of aliphatic hydroxyl groups is 5. The van der Waals surface area contributed by atoms with Gasteiger partial charge in [-0.2, -0.15) is 0 Å². The Hall–Kier alpha value is -0.980. The minimum absolute atomic E-state index is 0.00756. The number of aryl methyl sites for hydroxylation is 1. The molecule has 0 aliphatic rings.